The highest BCUT2D eigenvalue weighted by atomic mass is 32.2. The van der Waals surface area contributed by atoms with E-state index in [0.29, 0.717) is 6.04 Å². The lowest BCUT2D eigenvalue weighted by molar-refractivity contribution is -0.123. The fourth-order valence-corrected chi connectivity index (χ4v) is 2.40. The van der Waals surface area contributed by atoms with Crippen LogP contribution >= 0.6 is 11.8 Å². The van der Waals surface area contributed by atoms with Crippen LogP contribution in [0.3, 0.4) is 0 Å². The molecular formula is C9H18N2OS. The van der Waals surface area contributed by atoms with Crippen LogP contribution in [0.15, 0.2) is 0 Å². The molecule has 1 aliphatic heterocycles. The molecule has 0 bridgehead atoms. The predicted octanol–water partition coefficient (Wildman–Crippen LogP) is 0.591. The summed E-state index contributed by atoms with van der Waals surface area (Å²) in [5.41, 5.74) is 5.72. The van der Waals surface area contributed by atoms with Gasteiger partial charge in [-0.1, -0.05) is 13.8 Å². The van der Waals surface area contributed by atoms with Gasteiger partial charge in [-0.05, 0) is 18.1 Å². The molecule has 1 fully saturated rings. The number of hydrogen-bond donors (Lipinski definition) is 2. The maximum absolute atomic E-state index is 11.5. The minimum Gasteiger partial charge on any atom is -0.351 e. The second-order valence-electron chi connectivity index (χ2n) is 3.84. The van der Waals surface area contributed by atoms with Crippen molar-refractivity contribution < 1.29 is 4.79 Å². The van der Waals surface area contributed by atoms with Gasteiger partial charge in [-0.15, -0.1) is 0 Å². The minimum absolute atomic E-state index is 0.00231. The minimum atomic E-state index is -0.356. The van der Waals surface area contributed by atoms with Gasteiger partial charge in [0.25, 0.3) is 0 Å². The molecule has 0 aliphatic carbocycles. The smallest absolute Gasteiger partial charge is 0.237 e. The molecule has 0 radical (unpaired) electrons. The Labute approximate surface area is 83.8 Å². The Morgan fingerprint density at radius 1 is 1.62 bits per heavy atom. The van der Waals surface area contributed by atoms with Crippen LogP contribution in [0.2, 0.25) is 0 Å². The van der Waals surface area contributed by atoms with Gasteiger partial charge in [-0.2, -0.15) is 11.8 Å². The van der Waals surface area contributed by atoms with Gasteiger partial charge >= 0.3 is 0 Å². The van der Waals surface area contributed by atoms with E-state index < -0.39 is 0 Å². The van der Waals surface area contributed by atoms with Crippen LogP contribution in [0, 0.1) is 5.92 Å². The van der Waals surface area contributed by atoms with Crippen molar-refractivity contribution in [2.24, 2.45) is 11.7 Å². The highest BCUT2D eigenvalue weighted by Crippen LogP contribution is 2.17. The number of amides is 1. The molecule has 1 saturated heterocycles. The van der Waals surface area contributed by atoms with E-state index in [1.807, 2.05) is 25.6 Å². The van der Waals surface area contributed by atoms with Crippen molar-refractivity contribution in [2.45, 2.75) is 32.4 Å². The van der Waals surface area contributed by atoms with Gasteiger partial charge in [0.05, 0.1) is 6.04 Å². The number of nitrogens with two attached hydrogens (primary N) is 1. The van der Waals surface area contributed by atoms with Crippen LogP contribution < -0.4 is 11.1 Å². The fraction of sp³-hybridized carbons (Fsp3) is 0.889. The zero-order valence-corrected chi connectivity index (χ0v) is 9.06. The first-order valence-electron chi connectivity index (χ1n) is 4.75. The Bertz CT molecular complexity index is 178. The summed E-state index contributed by atoms with van der Waals surface area (Å²) in [6.45, 7) is 3.93. The van der Waals surface area contributed by atoms with Crippen molar-refractivity contribution in [2.75, 3.05) is 11.5 Å². The zero-order chi connectivity index (χ0) is 9.84. The lowest BCUT2D eigenvalue weighted by Crippen LogP contribution is -2.47. The fourth-order valence-electron chi connectivity index (χ4n) is 1.25. The van der Waals surface area contributed by atoms with Gasteiger partial charge in [0, 0.05) is 11.8 Å². The molecule has 0 saturated carbocycles. The second kappa shape index (κ2) is 4.86. The Morgan fingerprint density at radius 3 is 2.77 bits per heavy atom. The van der Waals surface area contributed by atoms with Crippen LogP contribution in [0.25, 0.3) is 0 Å². The molecule has 0 aromatic carbocycles. The average Bonchev–Trinajstić information content (AvgIpc) is 2.55. The van der Waals surface area contributed by atoms with E-state index in [4.69, 9.17) is 5.73 Å². The van der Waals surface area contributed by atoms with Gasteiger partial charge in [0.1, 0.15) is 0 Å². The molecule has 1 unspecified atom stereocenters. The van der Waals surface area contributed by atoms with E-state index in [0.717, 1.165) is 17.9 Å². The first-order valence-corrected chi connectivity index (χ1v) is 5.90. The molecule has 1 amide bonds. The molecule has 1 aliphatic rings. The Balaban J connectivity index is 2.31. The molecular weight excluding hydrogens is 184 g/mol. The second-order valence-corrected chi connectivity index (χ2v) is 4.99. The lowest BCUT2D eigenvalue weighted by atomic mass is 10.0. The molecule has 4 heteroatoms. The van der Waals surface area contributed by atoms with Crippen molar-refractivity contribution >= 4 is 17.7 Å². The molecule has 3 N–H and O–H groups in total. The average molecular weight is 202 g/mol. The van der Waals surface area contributed by atoms with Crippen LogP contribution in [0.1, 0.15) is 20.3 Å². The van der Waals surface area contributed by atoms with Crippen LogP contribution in [0.5, 0.6) is 0 Å². The topological polar surface area (TPSA) is 55.1 Å². The lowest BCUT2D eigenvalue weighted by Gasteiger charge is -2.18. The van der Waals surface area contributed by atoms with Crippen LogP contribution in [-0.4, -0.2) is 29.5 Å². The largest absolute Gasteiger partial charge is 0.351 e. The Hall–Kier alpha value is -0.220. The Morgan fingerprint density at radius 2 is 2.31 bits per heavy atom. The summed E-state index contributed by atoms with van der Waals surface area (Å²) in [6, 6.07) is -0.00657. The summed E-state index contributed by atoms with van der Waals surface area (Å²) >= 11 is 1.89. The standard InChI is InChI=1S/C9H18N2OS/c1-6(2)8(10)9(12)11-7-3-4-13-5-7/h6-8H,3-5,10H2,1-2H3,(H,11,12)/t7?,8-/m0/s1. The van der Waals surface area contributed by atoms with E-state index in [1.54, 1.807) is 0 Å². The van der Waals surface area contributed by atoms with E-state index in [2.05, 4.69) is 5.32 Å². The highest BCUT2D eigenvalue weighted by Gasteiger charge is 2.22. The first kappa shape index (κ1) is 10.9. The summed E-state index contributed by atoms with van der Waals surface area (Å²) in [4.78, 5) is 11.5. The molecule has 0 aromatic heterocycles. The summed E-state index contributed by atoms with van der Waals surface area (Å²) < 4.78 is 0. The van der Waals surface area contributed by atoms with Crippen LogP contribution in [-0.2, 0) is 4.79 Å². The van der Waals surface area contributed by atoms with E-state index in [9.17, 15) is 4.79 Å². The molecule has 1 heterocycles. The summed E-state index contributed by atoms with van der Waals surface area (Å²) in [7, 11) is 0. The summed E-state index contributed by atoms with van der Waals surface area (Å²) in [5.74, 6) is 2.41. The van der Waals surface area contributed by atoms with Crippen molar-refractivity contribution in [1.82, 2.24) is 5.32 Å². The molecule has 76 valence electrons. The third-order valence-electron chi connectivity index (χ3n) is 2.30. The Kier molecular flexibility index (Phi) is 4.06. The zero-order valence-electron chi connectivity index (χ0n) is 8.25. The van der Waals surface area contributed by atoms with E-state index in [-0.39, 0.29) is 17.9 Å². The molecule has 2 atom stereocenters. The van der Waals surface area contributed by atoms with Crippen molar-refractivity contribution in [3.63, 3.8) is 0 Å². The third-order valence-corrected chi connectivity index (χ3v) is 3.46. The number of carbonyl (C=O) groups is 1. The number of nitrogens with one attached hydrogen (secondary N) is 1. The number of thioether (sulfide) groups is 1. The first-order chi connectivity index (χ1) is 6.11. The maximum atomic E-state index is 11.5. The van der Waals surface area contributed by atoms with Crippen molar-refractivity contribution in [3.8, 4) is 0 Å². The van der Waals surface area contributed by atoms with Gasteiger partial charge in [-0.25, -0.2) is 0 Å². The third kappa shape index (κ3) is 3.19. The van der Waals surface area contributed by atoms with E-state index >= 15 is 0 Å². The predicted molar refractivity (Wildman–Crippen MR) is 56.7 cm³/mol. The van der Waals surface area contributed by atoms with Gasteiger partial charge in [0.15, 0.2) is 0 Å². The van der Waals surface area contributed by atoms with Gasteiger partial charge in [0.2, 0.25) is 5.91 Å². The summed E-state index contributed by atoms with van der Waals surface area (Å²) in [6.07, 6.45) is 1.08. The van der Waals surface area contributed by atoms with Gasteiger partial charge < -0.3 is 11.1 Å². The molecule has 3 nitrogen and oxygen atoms in total. The maximum Gasteiger partial charge on any atom is 0.237 e. The molecule has 1 rings (SSSR count). The number of rotatable bonds is 3. The quantitative estimate of drug-likeness (QED) is 0.704. The van der Waals surface area contributed by atoms with Gasteiger partial charge in [-0.3, -0.25) is 4.79 Å². The molecule has 13 heavy (non-hydrogen) atoms. The van der Waals surface area contributed by atoms with Crippen LogP contribution in [0.4, 0.5) is 0 Å². The number of hydrogen-bond acceptors (Lipinski definition) is 3. The molecule has 0 spiro atoms. The van der Waals surface area contributed by atoms with Crippen molar-refractivity contribution in [1.29, 1.82) is 0 Å². The van der Waals surface area contributed by atoms with Crippen molar-refractivity contribution in [3.05, 3.63) is 0 Å². The normalized spacial score (nSPS) is 24.8. The summed E-state index contributed by atoms with van der Waals surface area (Å²) in [5, 5.41) is 2.98. The monoisotopic (exact) mass is 202 g/mol. The number of carbonyl (C=O) groups excluding carboxylic acids is 1. The van der Waals surface area contributed by atoms with E-state index in [1.165, 1.54) is 0 Å². The SMILES string of the molecule is CC(C)[C@H](N)C(=O)NC1CCSC1. The molecule has 0 aromatic rings. The highest BCUT2D eigenvalue weighted by molar-refractivity contribution is 7.99.